The summed E-state index contributed by atoms with van der Waals surface area (Å²) in [5.41, 5.74) is 5.32. The van der Waals surface area contributed by atoms with E-state index in [-0.39, 0.29) is 0 Å². The van der Waals surface area contributed by atoms with E-state index in [0.717, 1.165) is 61.3 Å². The van der Waals surface area contributed by atoms with Gasteiger partial charge < -0.3 is 10.2 Å². The van der Waals surface area contributed by atoms with E-state index in [1.165, 1.54) is 23.3 Å². The third kappa shape index (κ3) is 5.48. The minimum Gasteiger partial charge on any atom is -0.366 e. The van der Waals surface area contributed by atoms with Crippen LogP contribution in [-0.4, -0.2) is 24.3 Å². The number of thiophene rings is 1. The molecule has 0 saturated carbocycles. The SMILES string of the molecule is C=C1c2scc(CCCC)c2NC=NCCCCCN1Cc1ccccc1C#N. The summed E-state index contributed by atoms with van der Waals surface area (Å²) in [6.07, 6.45) is 8.59. The van der Waals surface area contributed by atoms with E-state index in [1.54, 1.807) is 11.3 Å². The molecule has 1 aromatic heterocycles. The molecule has 0 aliphatic carbocycles. The third-order valence-corrected chi connectivity index (χ3v) is 6.40. The number of benzene rings is 1. The standard InChI is InChI=1S/C24H30N4S/c1-3-4-10-22-17-29-24-19(2)28(16-21-12-7-6-11-20(21)15-25)14-9-5-8-13-26-18-27-23(22)24/h6-7,11-12,17-18H,2-5,8-10,13-14,16H2,1H3,(H,26,27). The summed E-state index contributed by atoms with van der Waals surface area (Å²) in [5.74, 6) is 0. The van der Waals surface area contributed by atoms with Gasteiger partial charge in [0.25, 0.3) is 0 Å². The van der Waals surface area contributed by atoms with Gasteiger partial charge in [0.2, 0.25) is 0 Å². The van der Waals surface area contributed by atoms with Gasteiger partial charge in [0.15, 0.2) is 0 Å². The molecule has 5 heteroatoms. The van der Waals surface area contributed by atoms with Gasteiger partial charge >= 0.3 is 0 Å². The maximum atomic E-state index is 9.50. The van der Waals surface area contributed by atoms with E-state index >= 15 is 0 Å². The average molecular weight is 407 g/mol. The number of rotatable bonds is 5. The first-order valence-corrected chi connectivity index (χ1v) is 11.4. The Hall–Kier alpha value is -2.58. The van der Waals surface area contributed by atoms with Crippen molar-refractivity contribution in [2.24, 2.45) is 4.99 Å². The summed E-state index contributed by atoms with van der Waals surface area (Å²) in [5, 5.41) is 15.2. The number of fused-ring (bicyclic) bond motifs is 1. The number of hydrogen-bond donors (Lipinski definition) is 1. The highest BCUT2D eigenvalue weighted by Gasteiger charge is 2.19. The Balaban J connectivity index is 1.93. The van der Waals surface area contributed by atoms with Crippen LogP contribution in [0.5, 0.6) is 0 Å². The second-order valence-electron chi connectivity index (χ2n) is 7.45. The van der Waals surface area contributed by atoms with Gasteiger partial charge in [-0.3, -0.25) is 4.99 Å². The van der Waals surface area contributed by atoms with E-state index in [2.05, 4.69) is 46.2 Å². The van der Waals surface area contributed by atoms with Crippen LogP contribution in [0.15, 0.2) is 41.2 Å². The normalized spacial score (nSPS) is 15.0. The summed E-state index contributed by atoms with van der Waals surface area (Å²) in [7, 11) is 0. The highest BCUT2D eigenvalue weighted by Crippen LogP contribution is 2.36. The maximum Gasteiger partial charge on any atom is 0.0995 e. The van der Waals surface area contributed by atoms with Gasteiger partial charge in [-0.15, -0.1) is 11.3 Å². The molecule has 0 amide bonds. The number of nitrogens with one attached hydrogen (secondary N) is 1. The van der Waals surface area contributed by atoms with Crippen molar-refractivity contribution in [1.82, 2.24) is 4.90 Å². The lowest BCUT2D eigenvalue weighted by Gasteiger charge is -2.28. The zero-order valence-corrected chi connectivity index (χ0v) is 18.1. The van der Waals surface area contributed by atoms with Gasteiger partial charge in [0.1, 0.15) is 0 Å². The first-order valence-electron chi connectivity index (χ1n) is 10.5. The first kappa shape index (κ1) is 21.1. The molecular weight excluding hydrogens is 376 g/mol. The highest BCUT2D eigenvalue weighted by atomic mass is 32.1. The predicted molar refractivity (Wildman–Crippen MR) is 124 cm³/mol. The fourth-order valence-corrected chi connectivity index (χ4v) is 4.67. The van der Waals surface area contributed by atoms with Crippen LogP contribution in [0.3, 0.4) is 0 Å². The van der Waals surface area contributed by atoms with Crippen molar-refractivity contribution >= 4 is 29.1 Å². The summed E-state index contributed by atoms with van der Waals surface area (Å²) in [6.45, 7) is 9.20. The average Bonchev–Trinajstić information content (AvgIpc) is 3.14. The molecule has 4 nitrogen and oxygen atoms in total. The first-order chi connectivity index (χ1) is 14.2. The number of hydrogen-bond acceptors (Lipinski definition) is 5. The molecule has 2 aromatic rings. The largest absolute Gasteiger partial charge is 0.366 e. The van der Waals surface area contributed by atoms with Gasteiger partial charge in [-0.05, 0) is 54.7 Å². The Kier molecular flexibility index (Phi) is 7.89. The number of unbranched alkanes of at least 4 members (excludes halogenated alkanes) is 1. The quantitative estimate of drug-likeness (QED) is 0.656. The molecule has 0 atom stereocenters. The van der Waals surface area contributed by atoms with E-state index in [9.17, 15) is 5.26 Å². The van der Waals surface area contributed by atoms with E-state index in [0.29, 0.717) is 6.54 Å². The van der Waals surface area contributed by atoms with Crippen molar-refractivity contribution in [3.63, 3.8) is 0 Å². The zero-order valence-electron chi connectivity index (χ0n) is 17.3. The molecule has 0 radical (unpaired) electrons. The van der Waals surface area contributed by atoms with Gasteiger partial charge in [-0.25, -0.2) is 0 Å². The van der Waals surface area contributed by atoms with Crippen molar-refractivity contribution in [1.29, 1.82) is 5.26 Å². The van der Waals surface area contributed by atoms with Crippen molar-refractivity contribution < 1.29 is 0 Å². The molecule has 1 aromatic carbocycles. The number of anilines is 1. The summed E-state index contributed by atoms with van der Waals surface area (Å²) in [4.78, 5) is 8.05. The molecule has 1 aliphatic heterocycles. The Morgan fingerprint density at radius 3 is 2.93 bits per heavy atom. The summed E-state index contributed by atoms with van der Waals surface area (Å²) in [6, 6.07) is 10.2. The fourth-order valence-electron chi connectivity index (χ4n) is 3.60. The highest BCUT2D eigenvalue weighted by molar-refractivity contribution is 7.11. The van der Waals surface area contributed by atoms with Crippen LogP contribution in [0.1, 0.15) is 60.6 Å². The molecule has 2 heterocycles. The Labute approximate surface area is 178 Å². The number of aryl methyl sites for hydroxylation is 1. The Bertz CT molecular complexity index is 891. The Morgan fingerprint density at radius 1 is 1.24 bits per heavy atom. The molecule has 0 bridgehead atoms. The van der Waals surface area contributed by atoms with Gasteiger partial charge in [-0.1, -0.05) is 38.1 Å². The molecular formula is C24H30N4S. The number of aliphatic imine (C=N–C) groups is 1. The molecule has 1 aliphatic rings. The molecule has 152 valence electrons. The lowest BCUT2D eigenvalue weighted by Crippen LogP contribution is -2.23. The smallest absolute Gasteiger partial charge is 0.0995 e. The number of nitriles is 1. The van der Waals surface area contributed by atoms with Crippen molar-refractivity contribution in [3.05, 3.63) is 57.8 Å². The molecule has 0 fully saturated rings. The van der Waals surface area contributed by atoms with E-state index in [4.69, 9.17) is 0 Å². The second kappa shape index (κ2) is 10.8. The van der Waals surface area contributed by atoms with Crippen molar-refractivity contribution in [2.45, 2.75) is 52.0 Å². The van der Waals surface area contributed by atoms with Crippen LogP contribution in [0.25, 0.3) is 5.70 Å². The lowest BCUT2D eigenvalue weighted by molar-refractivity contribution is 0.378. The summed E-state index contributed by atoms with van der Waals surface area (Å²) >= 11 is 1.76. The van der Waals surface area contributed by atoms with E-state index < -0.39 is 0 Å². The topological polar surface area (TPSA) is 51.4 Å². The van der Waals surface area contributed by atoms with Gasteiger partial charge in [0.05, 0.1) is 28.5 Å². The monoisotopic (exact) mass is 406 g/mol. The van der Waals surface area contributed by atoms with Crippen LogP contribution < -0.4 is 5.32 Å². The number of nitrogens with zero attached hydrogens (tertiary/aromatic N) is 3. The lowest BCUT2D eigenvalue weighted by atomic mass is 10.1. The predicted octanol–water partition coefficient (Wildman–Crippen LogP) is 6.06. The molecule has 0 saturated heterocycles. The van der Waals surface area contributed by atoms with Crippen LogP contribution in [-0.2, 0) is 13.0 Å². The van der Waals surface area contributed by atoms with Crippen molar-refractivity contribution in [3.8, 4) is 6.07 Å². The fraction of sp³-hybridized carbons (Fsp3) is 0.417. The second-order valence-corrected chi connectivity index (χ2v) is 8.33. The molecule has 1 N–H and O–H groups in total. The molecule has 29 heavy (non-hydrogen) atoms. The van der Waals surface area contributed by atoms with Crippen LogP contribution in [0.4, 0.5) is 5.69 Å². The third-order valence-electron chi connectivity index (χ3n) is 5.33. The molecule has 0 unspecified atom stereocenters. The summed E-state index contributed by atoms with van der Waals surface area (Å²) < 4.78 is 0. The minimum absolute atomic E-state index is 0.707. The van der Waals surface area contributed by atoms with Crippen LogP contribution >= 0.6 is 11.3 Å². The van der Waals surface area contributed by atoms with Crippen LogP contribution in [0.2, 0.25) is 0 Å². The van der Waals surface area contributed by atoms with E-state index in [1.807, 2.05) is 24.5 Å². The Morgan fingerprint density at radius 2 is 2.10 bits per heavy atom. The minimum atomic E-state index is 0.707. The van der Waals surface area contributed by atoms with Gasteiger partial charge in [0, 0.05) is 25.3 Å². The molecule has 3 rings (SSSR count). The van der Waals surface area contributed by atoms with Crippen LogP contribution in [0, 0.1) is 11.3 Å². The van der Waals surface area contributed by atoms with Crippen molar-refractivity contribution in [2.75, 3.05) is 18.4 Å². The molecule has 0 spiro atoms. The maximum absolute atomic E-state index is 9.50. The van der Waals surface area contributed by atoms with Gasteiger partial charge in [-0.2, -0.15) is 5.26 Å². The zero-order chi connectivity index (χ0) is 20.5.